The monoisotopic (exact) mass is 397 g/mol. The van der Waals surface area contributed by atoms with E-state index in [1.165, 1.54) is 24.3 Å². The SMILES string of the molecule is CC(Nc1ccc(Br)cc1)C(=O)Nc1ccc(S(N)(=O)=O)cc1. The summed E-state index contributed by atoms with van der Waals surface area (Å²) in [7, 11) is -3.74. The predicted molar refractivity (Wildman–Crippen MR) is 93.7 cm³/mol. The largest absolute Gasteiger partial charge is 0.374 e. The van der Waals surface area contributed by atoms with E-state index >= 15 is 0 Å². The Morgan fingerprint density at radius 1 is 1.04 bits per heavy atom. The van der Waals surface area contributed by atoms with Crippen LogP contribution in [-0.2, 0) is 14.8 Å². The fourth-order valence-corrected chi connectivity index (χ4v) is 2.62. The van der Waals surface area contributed by atoms with Crippen LogP contribution in [0.25, 0.3) is 0 Å². The van der Waals surface area contributed by atoms with E-state index < -0.39 is 16.1 Å². The molecule has 0 radical (unpaired) electrons. The van der Waals surface area contributed by atoms with Gasteiger partial charge in [-0.3, -0.25) is 4.79 Å². The van der Waals surface area contributed by atoms with Crippen LogP contribution >= 0.6 is 15.9 Å². The van der Waals surface area contributed by atoms with Crippen LogP contribution in [0.2, 0.25) is 0 Å². The molecule has 1 unspecified atom stereocenters. The first kappa shape index (κ1) is 17.5. The summed E-state index contributed by atoms with van der Waals surface area (Å²) in [5, 5.41) is 10.8. The molecule has 0 aromatic heterocycles. The molecule has 23 heavy (non-hydrogen) atoms. The number of nitrogens with one attached hydrogen (secondary N) is 2. The molecular formula is C15H16BrN3O3S. The Bertz CT molecular complexity index is 790. The van der Waals surface area contributed by atoms with E-state index in [4.69, 9.17) is 5.14 Å². The van der Waals surface area contributed by atoms with E-state index in [1.807, 2.05) is 24.3 Å². The van der Waals surface area contributed by atoms with Crippen LogP contribution in [0.1, 0.15) is 6.92 Å². The third-order valence-electron chi connectivity index (χ3n) is 3.07. The molecule has 4 N–H and O–H groups in total. The Kier molecular flexibility index (Phi) is 5.40. The summed E-state index contributed by atoms with van der Waals surface area (Å²) in [6.45, 7) is 1.73. The molecule has 2 aromatic rings. The first-order chi connectivity index (χ1) is 10.8. The first-order valence-electron chi connectivity index (χ1n) is 6.71. The van der Waals surface area contributed by atoms with Crippen LogP contribution in [0.15, 0.2) is 57.9 Å². The van der Waals surface area contributed by atoms with Gasteiger partial charge >= 0.3 is 0 Å². The zero-order valence-corrected chi connectivity index (χ0v) is 14.7. The van der Waals surface area contributed by atoms with Crippen molar-refractivity contribution in [2.24, 2.45) is 5.14 Å². The fourth-order valence-electron chi connectivity index (χ4n) is 1.84. The van der Waals surface area contributed by atoms with Crippen LogP contribution in [0.5, 0.6) is 0 Å². The van der Waals surface area contributed by atoms with Crippen molar-refractivity contribution in [2.45, 2.75) is 17.9 Å². The molecular weight excluding hydrogens is 382 g/mol. The van der Waals surface area contributed by atoms with Crippen LogP contribution in [0.4, 0.5) is 11.4 Å². The third kappa shape index (κ3) is 5.05. The highest BCUT2D eigenvalue weighted by Gasteiger charge is 2.13. The van der Waals surface area contributed by atoms with E-state index in [-0.39, 0.29) is 10.8 Å². The minimum Gasteiger partial charge on any atom is -0.374 e. The second-order valence-corrected chi connectivity index (χ2v) is 7.41. The summed E-state index contributed by atoms with van der Waals surface area (Å²) >= 11 is 3.35. The van der Waals surface area contributed by atoms with Crippen LogP contribution in [0.3, 0.4) is 0 Å². The number of hydrogen-bond acceptors (Lipinski definition) is 4. The Balaban J connectivity index is 1.99. The smallest absolute Gasteiger partial charge is 0.246 e. The Morgan fingerprint density at radius 3 is 2.09 bits per heavy atom. The van der Waals surface area contributed by atoms with Gasteiger partial charge < -0.3 is 10.6 Å². The van der Waals surface area contributed by atoms with E-state index in [1.54, 1.807) is 6.92 Å². The van der Waals surface area contributed by atoms with Gasteiger partial charge in [-0.25, -0.2) is 13.6 Å². The molecule has 2 rings (SSSR count). The summed E-state index contributed by atoms with van der Waals surface area (Å²) in [4.78, 5) is 12.1. The highest BCUT2D eigenvalue weighted by atomic mass is 79.9. The molecule has 0 saturated heterocycles. The summed E-state index contributed by atoms with van der Waals surface area (Å²) in [5.41, 5.74) is 1.31. The lowest BCUT2D eigenvalue weighted by atomic mass is 10.2. The second-order valence-electron chi connectivity index (χ2n) is 4.93. The molecule has 0 saturated carbocycles. The number of carbonyl (C=O) groups excluding carboxylic acids is 1. The van der Waals surface area contributed by atoms with Crippen molar-refractivity contribution in [3.63, 3.8) is 0 Å². The minimum absolute atomic E-state index is 0.00321. The summed E-state index contributed by atoms with van der Waals surface area (Å²) in [6, 6.07) is 12.7. The maximum Gasteiger partial charge on any atom is 0.246 e. The molecule has 122 valence electrons. The number of halogens is 1. The Hall–Kier alpha value is -1.90. The predicted octanol–water partition coefficient (Wildman–Crippen LogP) is 2.54. The number of rotatable bonds is 5. The zero-order chi connectivity index (χ0) is 17.0. The molecule has 0 aliphatic rings. The van der Waals surface area contributed by atoms with E-state index in [9.17, 15) is 13.2 Å². The van der Waals surface area contributed by atoms with Crippen molar-refractivity contribution in [3.05, 3.63) is 53.0 Å². The minimum atomic E-state index is -3.74. The average molecular weight is 398 g/mol. The molecule has 8 heteroatoms. The van der Waals surface area contributed by atoms with Crippen molar-refractivity contribution in [2.75, 3.05) is 10.6 Å². The molecule has 1 amide bonds. The number of hydrogen-bond donors (Lipinski definition) is 3. The van der Waals surface area contributed by atoms with Gasteiger partial charge in [0.05, 0.1) is 4.90 Å². The van der Waals surface area contributed by atoms with Gasteiger partial charge in [0.25, 0.3) is 0 Å². The lowest BCUT2D eigenvalue weighted by Gasteiger charge is -2.15. The lowest BCUT2D eigenvalue weighted by Crippen LogP contribution is -2.31. The van der Waals surface area contributed by atoms with E-state index in [0.717, 1.165) is 10.2 Å². The molecule has 0 bridgehead atoms. The summed E-state index contributed by atoms with van der Waals surface area (Å²) < 4.78 is 23.3. The lowest BCUT2D eigenvalue weighted by molar-refractivity contribution is -0.116. The van der Waals surface area contributed by atoms with Crippen LogP contribution in [-0.4, -0.2) is 20.4 Å². The van der Waals surface area contributed by atoms with Gasteiger partial charge in [0, 0.05) is 15.8 Å². The van der Waals surface area contributed by atoms with Gasteiger partial charge in [0.1, 0.15) is 6.04 Å². The molecule has 0 spiro atoms. The Morgan fingerprint density at radius 2 is 1.57 bits per heavy atom. The fraction of sp³-hybridized carbons (Fsp3) is 0.133. The van der Waals surface area contributed by atoms with Gasteiger partial charge in [-0.1, -0.05) is 15.9 Å². The number of sulfonamides is 1. The second kappa shape index (κ2) is 7.12. The van der Waals surface area contributed by atoms with Crippen molar-refractivity contribution in [1.82, 2.24) is 0 Å². The average Bonchev–Trinajstić information content (AvgIpc) is 2.49. The number of carbonyl (C=O) groups is 1. The van der Waals surface area contributed by atoms with Crippen LogP contribution in [0, 0.1) is 0 Å². The van der Waals surface area contributed by atoms with Gasteiger partial charge in [-0.15, -0.1) is 0 Å². The maximum absolute atomic E-state index is 12.1. The highest BCUT2D eigenvalue weighted by Crippen LogP contribution is 2.16. The summed E-state index contributed by atoms with van der Waals surface area (Å²) in [5.74, 6) is -0.240. The number of anilines is 2. The molecule has 0 aliphatic carbocycles. The zero-order valence-electron chi connectivity index (χ0n) is 12.3. The standard InChI is InChI=1S/C15H16BrN3O3S/c1-10(18-12-4-2-11(16)3-5-12)15(20)19-13-6-8-14(9-7-13)23(17,21)22/h2-10,18H,1H3,(H,19,20)(H2,17,21,22). The number of primary sulfonamides is 1. The topological polar surface area (TPSA) is 101 Å². The van der Waals surface area contributed by atoms with Gasteiger partial charge in [0.15, 0.2) is 0 Å². The van der Waals surface area contributed by atoms with E-state index in [0.29, 0.717) is 5.69 Å². The maximum atomic E-state index is 12.1. The molecule has 0 aliphatic heterocycles. The van der Waals surface area contributed by atoms with Crippen molar-refractivity contribution >= 4 is 43.2 Å². The quantitative estimate of drug-likeness (QED) is 0.721. The van der Waals surface area contributed by atoms with Gasteiger partial charge in [-0.05, 0) is 55.5 Å². The first-order valence-corrected chi connectivity index (χ1v) is 9.05. The summed E-state index contributed by atoms with van der Waals surface area (Å²) in [6.07, 6.45) is 0. The molecule has 2 aromatic carbocycles. The van der Waals surface area contributed by atoms with Crippen molar-refractivity contribution in [3.8, 4) is 0 Å². The van der Waals surface area contributed by atoms with E-state index in [2.05, 4.69) is 26.6 Å². The molecule has 0 heterocycles. The van der Waals surface area contributed by atoms with Gasteiger partial charge in [-0.2, -0.15) is 0 Å². The highest BCUT2D eigenvalue weighted by molar-refractivity contribution is 9.10. The van der Waals surface area contributed by atoms with Crippen molar-refractivity contribution < 1.29 is 13.2 Å². The number of amides is 1. The van der Waals surface area contributed by atoms with Crippen LogP contribution < -0.4 is 15.8 Å². The normalized spacial score (nSPS) is 12.5. The molecule has 6 nitrogen and oxygen atoms in total. The molecule has 0 fully saturated rings. The number of nitrogens with two attached hydrogens (primary N) is 1. The van der Waals surface area contributed by atoms with Crippen molar-refractivity contribution in [1.29, 1.82) is 0 Å². The number of benzene rings is 2. The Labute approximate surface area is 143 Å². The molecule has 1 atom stereocenters. The van der Waals surface area contributed by atoms with Gasteiger partial charge in [0.2, 0.25) is 15.9 Å². The third-order valence-corrected chi connectivity index (χ3v) is 4.53.